The van der Waals surface area contributed by atoms with Crippen molar-refractivity contribution in [1.82, 2.24) is 4.98 Å². The fourth-order valence-corrected chi connectivity index (χ4v) is 4.93. The number of halogens is 2. The van der Waals surface area contributed by atoms with Crippen LogP contribution < -0.4 is 15.2 Å². The summed E-state index contributed by atoms with van der Waals surface area (Å²) in [7, 11) is -4.01. The summed E-state index contributed by atoms with van der Waals surface area (Å²) in [5.74, 6) is -0.0142. The van der Waals surface area contributed by atoms with E-state index in [9.17, 15) is 13.2 Å². The standard InChI is InChI=1S/C20H17Cl2N3O4S/c1-11-8-16(21)12(2)19(18(11)22)30(27,28)25-14-6-7-17(24-10-14)29-15-5-3-4-13(9-15)20(23)26/h3-10,25H,1-2H3,(H2,23,26). The van der Waals surface area contributed by atoms with Gasteiger partial charge in [-0.05, 0) is 55.3 Å². The Kier molecular flexibility index (Phi) is 6.21. The first kappa shape index (κ1) is 21.9. The summed E-state index contributed by atoms with van der Waals surface area (Å²) in [5.41, 5.74) is 6.65. The number of amides is 1. The van der Waals surface area contributed by atoms with Crippen LogP contribution in [0.1, 0.15) is 21.5 Å². The lowest BCUT2D eigenvalue weighted by molar-refractivity contribution is 0.1000. The molecule has 10 heteroatoms. The lowest BCUT2D eigenvalue weighted by atomic mass is 10.2. The molecular formula is C20H17Cl2N3O4S. The Labute approximate surface area is 183 Å². The number of nitrogens with one attached hydrogen (secondary N) is 1. The monoisotopic (exact) mass is 465 g/mol. The maximum Gasteiger partial charge on any atom is 0.263 e. The van der Waals surface area contributed by atoms with Gasteiger partial charge in [-0.3, -0.25) is 9.52 Å². The van der Waals surface area contributed by atoms with Crippen LogP contribution in [-0.2, 0) is 10.0 Å². The zero-order valence-corrected chi connectivity index (χ0v) is 18.3. The van der Waals surface area contributed by atoms with Crippen LogP contribution in [0.15, 0.2) is 53.6 Å². The number of carbonyl (C=O) groups excluding carboxylic acids is 1. The zero-order chi connectivity index (χ0) is 22.1. The average Bonchev–Trinajstić information content (AvgIpc) is 2.68. The van der Waals surface area contributed by atoms with E-state index < -0.39 is 15.9 Å². The summed E-state index contributed by atoms with van der Waals surface area (Å²) in [6.45, 7) is 3.26. The Morgan fingerprint density at radius 3 is 2.50 bits per heavy atom. The van der Waals surface area contributed by atoms with Crippen molar-refractivity contribution >= 4 is 44.8 Å². The number of ether oxygens (including phenoxy) is 1. The molecule has 1 amide bonds. The van der Waals surface area contributed by atoms with Crippen LogP contribution in [0, 0.1) is 13.8 Å². The normalized spacial score (nSPS) is 11.2. The minimum Gasteiger partial charge on any atom is -0.439 e. The second kappa shape index (κ2) is 8.51. The Bertz CT molecular complexity index is 1200. The van der Waals surface area contributed by atoms with Crippen molar-refractivity contribution in [1.29, 1.82) is 0 Å². The minimum absolute atomic E-state index is 0.0854. The zero-order valence-electron chi connectivity index (χ0n) is 15.9. The Morgan fingerprint density at radius 2 is 1.87 bits per heavy atom. The van der Waals surface area contributed by atoms with Gasteiger partial charge in [0.25, 0.3) is 10.0 Å². The first-order valence-electron chi connectivity index (χ1n) is 8.60. The number of aryl methyl sites for hydroxylation is 1. The van der Waals surface area contributed by atoms with Gasteiger partial charge in [0.15, 0.2) is 0 Å². The second-order valence-electron chi connectivity index (χ2n) is 6.43. The molecule has 0 fully saturated rings. The van der Waals surface area contributed by atoms with Crippen molar-refractivity contribution in [2.45, 2.75) is 18.7 Å². The van der Waals surface area contributed by atoms with E-state index in [0.29, 0.717) is 27.5 Å². The number of benzene rings is 2. The van der Waals surface area contributed by atoms with Gasteiger partial charge in [-0.2, -0.15) is 0 Å². The number of nitrogens with zero attached hydrogens (tertiary/aromatic N) is 1. The Hall–Kier alpha value is -2.81. The number of nitrogens with two attached hydrogens (primary N) is 1. The van der Waals surface area contributed by atoms with Crippen LogP contribution >= 0.6 is 23.2 Å². The van der Waals surface area contributed by atoms with Gasteiger partial charge in [0.05, 0.1) is 16.9 Å². The molecule has 0 atom stereocenters. The number of hydrogen-bond acceptors (Lipinski definition) is 5. The molecule has 1 aromatic heterocycles. The topological polar surface area (TPSA) is 111 Å². The fraction of sp³-hybridized carbons (Fsp3) is 0.100. The Morgan fingerprint density at radius 1 is 1.13 bits per heavy atom. The number of rotatable bonds is 6. The summed E-state index contributed by atoms with van der Waals surface area (Å²) in [6, 6.07) is 10.9. The molecule has 0 aliphatic heterocycles. The molecule has 30 heavy (non-hydrogen) atoms. The van der Waals surface area contributed by atoms with Crippen molar-refractivity contribution < 1.29 is 17.9 Å². The van der Waals surface area contributed by atoms with E-state index >= 15 is 0 Å². The highest BCUT2D eigenvalue weighted by atomic mass is 35.5. The maximum atomic E-state index is 12.9. The number of pyridine rings is 1. The Balaban J connectivity index is 1.82. The van der Waals surface area contributed by atoms with E-state index in [1.807, 2.05) is 0 Å². The van der Waals surface area contributed by atoms with Crippen molar-refractivity contribution in [2.75, 3.05) is 4.72 Å². The van der Waals surface area contributed by atoms with Gasteiger partial charge in [0.2, 0.25) is 11.8 Å². The van der Waals surface area contributed by atoms with Gasteiger partial charge < -0.3 is 10.5 Å². The van der Waals surface area contributed by atoms with Gasteiger partial charge in [0, 0.05) is 16.7 Å². The maximum absolute atomic E-state index is 12.9. The molecule has 0 saturated carbocycles. The SMILES string of the molecule is Cc1cc(Cl)c(C)c(S(=O)(=O)Nc2ccc(Oc3cccc(C(N)=O)c3)nc2)c1Cl. The third-order valence-corrected chi connectivity index (χ3v) is 6.73. The molecule has 0 aliphatic rings. The summed E-state index contributed by atoms with van der Waals surface area (Å²) in [4.78, 5) is 15.3. The van der Waals surface area contributed by atoms with Gasteiger partial charge in [-0.15, -0.1) is 0 Å². The quantitative estimate of drug-likeness (QED) is 0.547. The number of anilines is 1. The van der Waals surface area contributed by atoms with Crippen LogP contribution in [0.2, 0.25) is 10.0 Å². The molecule has 3 aromatic rings. The predicted octanol–water partition coefficient (Wildman–Crippen LogP) is 4.70. The van der Waals surface area contributed by atoms with Crippen molar-refractivity contribution in [3.05, 3.63) is 75.4 Å². The highest BCUT2D eigenvalue weighted by molar-refractivity contribution is 7.93. The van der Waals surface area contributed by atoms with E-state index in [2.05, 4.69) is 9.71 Å². The molecule has 3 rings (SSSR count). The van der Waals surface area contributed by atoms with Gasteiger partial charge in [-0.25, -0.2) is 13.4 Å². The van der Waals surface area contributed by atoms with Gasteiger partial charge in [-0.1, -0.05) is 29.3 Å². The highest BCUT2D eigenvalue weighted by Gasteiger charge is 2.24. The summed E-state index contributed by atoms with van der Waals surface area (Å²) in [6.07, 6.45) is 1.30. The van der Waals surface area contributed by atoms with Crippen LogP contribution in [0.5, 0.6) is 11.6 Å². The van der Waals surface area contributed by atoms with Crippen LogP contribution in [0.3, 0.4) is 0 Å². The van der Waals surface area contributed by atoms with Gasteiger partial charge in [0.1, 0.15) is 10.6 Å². The third-order valence-electron chi connectivity index (χ3n) is 4.19. The molecule has 156 valence electrons. The minimum atomic E-state index is -4.01. The molecule has 7 nitrogen and oxygen atoms in total. The summed E-state index contributed by atoms with van der Waals surface area (Å²) in [5, 5.41) is 0.406. The van der Waals surface area contributed by atoms with Crippen LogP contribution in [0.4, 0.5) is 5.69 Å². The number of sulfonamides is 1. The molecule has 3 N–H and O–H groups in total. The first-order valence-corrected chi connectivity index (χ1v) is 10.8. The molecule has 0 bridgehead atoms. The van der Waals surface area contributed by atoms with E-state index in [1.165, 1.54) is 24.4 Å². The number of primary amides is 1. The predicted molar refractivity (Wildman–Crippen MR) is 116 cm³/mol. The number of aromatic nitrogens is 1. The molecule has 0 unspecified atom stereocenters. The summed E-state index contributed by atoms with van der Waals surface area (Å²) >= 11 is 12.3. The smallest absolute Gasteiger partial charge is 0.263 e. The van der Waals surface area contributed by atoms with Crippen LogP contribution in [-0.4, -0.2) is 19.3 Å². The fourth-order valence-electron chi connectivity index (χ4n) is 2.67. The van der Waals surface area contributed by atoms with Gasteiger partial charge >= 0.3 is 0 Å². The van der Waals surface area contributed by atoms with E-state index in [4.69, 9.17) is 33.7 Å². The molecule has 0 saturated heterocycles. The van der Waals surface area contributed by atoms with Crippen molar-refractivity contribution in [3.63, 3.8) is 0 Å². The van der Waals surface area contributed by atoms with E-state index in [1.54, 1.807) is 38.1 Å². The van der Waals surface area contributed by atoms with Crippen molar-refractivity contribution in [2.24, 2.45) is 5.73 Å². The van der Waals surface area contributed by atoms with E-state index in [-0.39, 0.29) is 21.5 Å². The second-order valence-corrected chi connectivity index (χ2v) is 8.83. The van der Waals surface area contributed by atoms with Crippen molar-refractivity contribution in [3.8, 4) is 11.6 Å². The van der Waals surface area contributed by atoms with Crippen LogP contribution in [0.25, 0.3) is 0 Å². The summed E-state index contributed by atoms with van der Waals surface area (Å²) < 4.78 is 33.7. The van der Waals surface area contributed by atoms with E-state index in [0.717, 1.165) is 0 Å². The molecule has 0 spiro atoms. The highest BCUT2D eigenvalue weighted by Crippen LogP contribution is 2.34. The molecule has 0 aliphatic carbocycles. The molecule has 1 heterocycles. The lowest BCUT2D eigenvalue weighted by Gasteiger charge is -2.15. The molecule has 2 aromatic carbocycles. The molecular weight excluding hydrogens is 449 g/mol. The average molecular weight is 466 g/mol. The molecule has 0 radical (unpaired) electrons. The number of hydrogen-bond donors (Lipinski definition) is 2. The largest absolute Gasteiger partial charge is 0.439 e. The number of carbonyl (C=O) groups is 1. The lowest BCUT2D eigenvalue weighted by Crippen LogP contribution is -2.15. The third kappa shape index (κ3) is 4.67. The first-order chi connectivity index (χ1) is 14.1.